The highest BCUT2D eigenvalue weighted by atomic mass is 32.2. The van der Waals surface area contributed by atoms with Crippen molar-refractivity contribution in [2.45, 2.75) is 49.9 Å². The topological polar surface area (TPSA) is 157 Å². The molecule has 2 rings (SSSR count). The molecule has 3 amide bonds. The van der Waals surface area contributed by atoms with Crippen LogP contribution in [-0.4, -0.2) is 83.2 Å². The van der Waals surface area contributed by atoms with Gasteiger partial charge in [-0.1, -0.05) is 30.3 Å². The van der Waals surface area contributed by atoms with Gasteiger partial charge in [-0.15, -0.1) is 0 Å². The SMILES string of the molecule is CSCCC(NC(=O)C1CCCN1)C(=O)NC(CO)C(=O)NC(Cc1ccccc1)C(=O)O. The maximum atomic E-state index is 12.8. The lowest BCUT2D eigenvalue weighted by Crippen LogP contribution is -2.58. The number of carbonyl (C=O) groups excluding carboxylic acids is 3. The van der Waals surface area contributed by atoms with Gasteiger partial charge in [-0.3, -0.25) is 14.4 Å². The van der Waals surface area contributed by atoms with Crippen LogP contribution in [0.3, 0.4) is 0 Å². The summed E-state index contributed by atoms with van der Waals surface area (Å²) in [6.07, 6.45) is 3.83. The highest BCUT2D eigenvalue weighted by Crippen LogP contribution is 2.08. The van der Waals surface area contributed by atoms with Crippen molar-refractivity contribution in [1.29, 1.82) is 0 Å². The Labute approximate surface area is 197 Å². The van der Waals surface area contributed by atoms with Crippen molar-refractivity contribution in [2.75, 3.05) is 25.2 Å². The molecular weight excluding hydrogens is 448 g/mol. The van der Waals surface area contributed by atoms with E-state index in [4.69, 9.17) is 0 Å². The van der Waals surface area contributed by atoms with Crippen LogP contribution in [0.5, 0.6) is 0 Å². The van der Waals surface area contributed by atoms with Crippen LogP contribution < -0.4 is 21.3 Å². The van der Waals surface area contributed by atoms with Gasteiger partial charge in [0.05, 0.1) is 12.6 Å². The summed E-state index contributed by atoms with van der Waals surface area (Å²) in [4.78, 5) is 49.5. The van der Waals surface area contributed by atoms with E-state index in [1.165, 1.54) is 11.8 Å². The number of hydrogen-bond acceptors (Lipinski definition) is 7. The number of aliphatic hydroxyl groups excluding tert-OH is 1. The summed E-state index contributed by atoms with van der Waals surface area (Å²) in [7, 11) is 0. The zero-order valence-electron chi connectivity index (χ0n) is 18.6. The molecule has 0 bridgehead atoms. The minimum Gasteiger partial charge on any atom is -0.480 e. The fourth-order valence-corrected chi connectivity index (χ4v) is 3.95. The zero-order chi connectivity index (χ0) is 24.2. The van der Waals surface area contributed by atoms with Crippen molar-refractivity contribution in [2.24, 2.45) is 0 Å². The van der Waals surface area contributed by atoms with E-state index < -0.39 is 42.5 Å². The van der Waals surface area contributed by atoms with Crippen LogP contribution >= 0.6 is 11.8 Å². The highest BCUT2D eigenvalue weighted by Gasteiger charge is 2.31. The summed E-state index contributed by atoms with van der Waals surface area (Å²) in [6.45, 7) is 0.0167. The van der Waals surface area contributed by atoms with Gasteiger partial charge in [0.15, 0.2) is 0 Å². The molecule has 0 spiro atoms. The Balaban J connectivity index is 2.00. The summed E-state index contributed by atoms with van der Waals surface area (Å²) in [5.41, 5.74) is 0.718. The normalized spacial score (nSPS) is 18.1. The minimum atomic E-state index is -1.35. The van der Waals surface area contributed by atoms with Crippen molar-refractivity contribution in [3.8, 4) is 0 Å². The Bertz CT molecular complexity index is 803. The van der Waals surface area contributed by atoms with E-state index in [2.05, 4.69) is 21.3 Å². The summed E-state index contributed by atoms with van der Waals surface area (Å²) in [5.74, 6) is -2.34. The van der Waals surface area contributed by atoms with Crippen LogP contribution in [0.4, 0.5) is 0 Å². The van der Waals surface area contributed by atoms with Gasteiger partial charge in [-0.05, 0) is 43.4 Å². The number of thioether (sulfide) groups is 1. The van der Waals surface area contributed by atoms with Gasteiger partial charge >= 0.3 is 5.97 Å². The lowest BCUT2D eigenvalue weighted by molar-refractivity contribution is -0.142. The summed E-state index contributed by atoms with van der Waals surface area (Å²) in [5, 5.41) is 29.8. The van der Waals surface area contributed by atoms with Gasteiger partial charge in [0.2, 0.25) is 17.7 Å². The number of carboxylic acids is 1. The van der Waals surface area contributed by atoms with Crippen LogP contribution in [0.25, 0.3) is 0 Å². The third-order valence-electron chi connectivity index (χ3n) is 5.33. The molecule has 182 valence electrons. The lowest BCUT2D eigenvalue weighted by atomic mass is 10.1. The van der Waals surface area contributed by atoms with E-state index >= 15 is 0 Å². The van der Waals surface area contributed by atoms with E-state index in [0.29, 0.717) is 18.6 Å². The van der Waals surface area contributed by atoms with Gasteiger partial charge in [0.25, 0.3) is 0 Å². The molecule has 0 saturated carbocycles. The summed E-state index contributed by atoms with van der Waals surface area (Å²) in [6, 6.07) is 4.98. The molecule has 6 N–H and O–H groups in total. The average Bonchev–Trinajstić information content (AvgIpc) is 3.35. The molecule has 11 heteroatoms. The smallest absolute Gasteiger partial charge is 0.326 e. The number of carbonyl (C=O) groups is 4. The first-order chi connectivity index (χ1) is 15.8. The van der Waals surface area contributed by atoms with Crippen LogP contribution in [0.2, 0.25) is 0 Å². The van der Waals surface area contributed by atoms with Crippen LogP contribution in [0.15, 0.2) is 30.3 Å². The first-order valence-electron chi connectivity index (χ1n) is 10.9. The monoisotopic (exact) mass is 480 g/mol. The molecule has 1 aromatic carbocycles. The molecule has 0 aromatic heterocycles. The van der Waals surface area contributed by atoms with Crippen LogP contribution in [-0.2, 0) is 25.6 Å². The van der Waals surface area contributed by atoms with Crippen molar-refractivity contribution >= 4 is 35.5 Å². The van der Waals surface area contributed by atoms with Crippen molar-refractivity contribution in [1.82, 2.24) is 21.3 Å². The molecule has 0 radical (unpaired) electrons. The van der Waals surface area contributed by atoms with Crippen molar-refractivity contribution in [3.05, 3.63) is 35.9 Å². The molecule has 10 nitrogen and oxygen atoms in total. The van der Waals surface area contributed by atoms with E-state index in [1.54, 1.807) is 30.3 Å². The van der Waals surface area contributed by atoms with Gasteiger partial charge in [-0.25, -0.2) is 4.79 Å². The number of amides is 3. The predicted molar refractivity (Wildman–Crippen MR) is 125 cm³/mol. The number of benzene rings is 1. The van der Waals surface area contributed by atoms with Gasteiger partial charge in [0, 0.05) is 6.42 Å². The maximum Gasteiger partial charge on any atom is 0.326 e. The number of hydrogen-bond donors (Lipinski definition) is 6. The number of carboxylic acid groups (broad SMARTS) is 1. The molecule has 4 atom stereocenters. The number of aliphatic carboxylic acids is 1. The van der Waals surface area contributed by atoms with Gasteiger partial charge in [0.1, 0.15) is 18.1 Å². The molecular formula is C22H32N4O6S. The van der Waals surface area contributed by atoms with Crippen molar-refractivity contribution < 1.29 is 29.4 Å². The Morgan fingerprint density at radius 3 is 2.30 bits per heavy atom. The fourth-order valence-electron chi connectivity index (χ4n) is 3.47. The summed E-state index contributed by atoms with van der Waals surface area (Å²) < 4.78 is 0. The number of rotatable bonds is 13. The minimum absolute atomic E-state index is 0.0504. The third kappa shape index (κ3) is 8.67. The second-order valence-corrected chi connectivity index (χ2v) is 8.81. The number of nitrogens with one attached hydrogen (secondary N) is 4. The largest absolute Gasteiger partial charge is 0.480 e. The predicted octanol–water partition coefficient (Wildman–Crippen LogP) is -0.734. The molecule has 33 heavy (non-hydrogen) atoms. The standard InChI is InChI=1S/C22H32N4O6S/c1-33-11-9-16(24-19(28)15-8-5-10-23-15)20(29)26-18(13-27)21(30)25-17(22(31)32)12-14-6-3-2-4-7-14/h2-4,6-7,15-18,23,27H,5,8-13H2,1H3,(H,24,28)(H,25,30)(H,26,29)(H,31,32). The highest BCUT2D eigenvalue weighted by molar-refractivity contribution is 7.98. The first-order valence-corrected chi connectivity index (χ1v) is 12.3. The second kappa shape index (κ2) is 13.8. The summed E-state index contributed by atoms with van der Waals surface area (Å²) >= 11 is 1.51. The fraction of sp³-hybridized carbons (Fsp3) is 0.545. The van der Waals surface area contributed by atoms with E-state index in [9.17, 15) is 29.4 Å². The Morgan fingerprint density at radius 2 is 1.73 bits per heavy atom. The third-order valence-corrected chi connectivity index (χ3v) is 5.98. The van der Waals surface area contributed by atoms with Crippen molar-refractivity contribution in [3.63, 3.8) is 0 Å². The van der Waals surface area contributed by atoms with Gasteiger partial charge in [-0.2, -0.15) is 11.8 Å². The molecule has 1 aromatic rings. The van der Waals surface area contributed by atoms with E-state index in [-0.39, 0.29) is 18.4 Å². The first kappa shape index (κ1) is 26.6. The number of aliphatic hydroxyl groups is 1. The maximum absolute atomic E-state index is 12.8. The average molecular weight is 481 g/mol. The Hall–Kier alpha value is -2.63. The quantitative estimate of drug-likeness (QED) is 0.216. The Morgan fingerprint density at radius 1 is 1.06 bits per heavy atom. The van der Waals surface area contributed by atoms with Gasteiger partial charge < -0.3 is 31.5 Å². The molecule has 1 fully saturated rings. The molecule has 1 heterocycles. The molecule has 1 saturated heterocycles. The molecule has 4 unspecified atom stereocenters. The van der Waals surface area contributed by atoms with Crippen LogP contribution in [0, 0.1) is 0 Å². The molecule has 0 aliphatic carbocycles. The zero-order valence-corrected chi connectivity index (χ0v) is 19.4. The van der Waals surface area contributed by atoms with E-state index in [1.807, 2.05) is 6.26 Å². The van der Waals surface area contributed by atoms with E-state index in [0.717, 1.165) is 18.5 Å². The second-order valence-electron chi connectivity index (χ2n) is 7.82. The molecule has 1 aliphatic rings. The molecule has 1 aliphatic heterocycles. The lowest BCUT2D eigenvalue weighted by Gasteiger charge is -2.24. The Kier molecular flexibility index (Phi) is 11.1. The van der Waals surface area contributed by atoms with Crippen LogP contribution in [0.1, 0.15) is 24.8 Å².